The zero-order chi connectivity index (χ0) is 13.0. The number of carbonyl (C=O) groups excluding carboxylic acids is 1. The Bertz CT molecular complexity index is 521. The van der Waals surface area contributed by atoms with Crippen molar-refractivity contribution in [2.24, 2.45) is 5.84 Å². The molecule has 5 nitrogen and oxygen atoms in total. The van der Waals surface area contributed by atoms with Gasteiger partial charge < -0.3 is 9.47 Å². The Kier molecular flexibility index (Phi) is 3.76. The van der Waals surface area contributed by atoms with E-state index < -0.39 is 0 Å². The average molecular weight is 246 g/mol. The largest absolute Gasteiger partial charge is 0.454 e. The van der Waals surface area contributed by atoms with Crippen molar-refractivity contribution < 1.29 is 14.3 Å². The molecule has 0 atom stereocenters. The minimum atomic E-state index is 0.0765. The molecule has 0 amide bonds. The van der Waals surface area contributed by atoms with Crippen LogP contribution < -0.4 is 20.7 Å². The normalized spacial score (nSPS) is 17.2. The Morgan fingerprint density at radius 3 is 2.61 bits per heavy atom. The molecular formula is C13H14N2O3. The third kappa shape index (κ3) is 2.58. The summed E-state index contributed by atoms with van der Waals surface area (Å²) < 4.78 is 10.4. The molecule has 0 fully saturated rings. The number of allylic oxidation sites excluding steroid dienone is 3. The van der Waals surface area contributed by atoms with Gasteiger partial charge in [0.25, 0.3) is 0 Å². The van der Waals surface area contributed by atoms with Crippen molar-refractivity contribution in [3.05, 3.63) is 41.5 Å². The summed E-state index contributed by atoms with van der Waals surface area (Å²) in [6.07, 6.45) is 5.19. The molecular weight excluding hydrogens is 232 g/mol. The first-order valence-electron chi connectivity index (χ1n) is 5.45. The molecule has 2 aliphatic rings. The third-order valence-corrected chi connectivity index (χ3v) is 2.42. The van der Waals surface area contributed by atoms with Crippen molar-refractivity contribution in [3.8, 4) is 11.5 Å². The SMILES string of the molecule is CNN.O=C1C=CC1=Cc1ccc2c(c1)OCO2. The lowest BCUT2D eigenvalue weighted by Gasteiger charge is -2.05. The van der Waals surface area contributed by atoms with Crippen molar-refractivity contribution >= 4 is 11.9 Å². The first-order chi connectivity index (χ1) is 8.74. The van der Waals surface area contributed by atoms with Gasteiger partial charge in [-0.25, -0.2) is 0 Å². The van der Waals surface area contributed by atoms with Crippen LogP contribution in [0.3, 0.4) is 0 Å². The van der Waals surface area contributed by atoms with E-state index in [1.165, 1.54) is 0 Å². The van der Waals surface area contributed by atoms with Gasteiger partial charge in [-0.15, -0.1) is 0 Å². The maximum absolute atomic E-state index is 11.1. The third-order valence-electron chi connectivity index (χ3n) is 2.42. The second-order valence-electron chi connectivity index (χ2n) is 3.70. The quantitative estimate of drug-likeness (QED) is 0.439. The van der Waals surface area contributed by atoms with Crippen LogP contribution in [-0.2, 0) is 4.79 Å². The van der Waals surface area contributed by atoms with Gasteiger partial charge >= 0.3 is 0 Å². The summed E-state index contributed by atoms with van der Waals surface area (Å²) in [4.78, 5) is 11.1. The first kappa shape index (κ1) is 12.3. The van der Waals surface area contributed by atoms with E-state index in [0.717, 1.165) is 22.6 Å². The number of fused-ring (bicyclic) bond motifs is 1. The number of hydrogen-bond donors (Lipinski definition) is 2. The molecule has 1 aliphatic heterocycles. The van der Waals surface area contributed by atoms with E-state index in [2.05, 4.69) is 11.3 Å². The van der Waals surface area contributed by atoms with E-state index >= 15 is 0 Å². The van der Waals surface area contributed by atoms with Crippen LogP contribution in [0.1, 0.15) is 5.56 Å². The molecule has 18 heavy (non-hydrogen) atoms. The molecule has 0 unspecified atom stereocenters. The van der Waals surface area contributed by atoms with E-state index in [-0.39, 0.29) is 12.6 Å². The summed E-state index contributed by atoms with van der Waals surface area (Å²) in [6, 6.07) is 5.62. The highest BCUT2D eigenvalue weighted by molar-refractivity contribution is 6.16. The van der Waals surface area contributed by atoms with Crippen molar-refractivity contribution in [1.82, 2.24) is 5.43 Å². The van der Waals surface area contributed by atoms with Gasteiger partial charge in [-0.05, 0) is 43.0 Å². The van der Waals surface area contributed by atoms with Gasteiger partial charge in [-0.3, -0.25) is 16.1 Å². The summed E-state index contributed by atoms with van der Waals surface area (Å²) in [7, 11) is 1.65. The maximum Gasteiger partial charge on any atom is 0.231 e. The Hall–Kier alpha value is -2.11. The van der Waals surface area contributed by atoms with Crippen LogP contribution in [0, 0.1) is 0 Å². The summed E-state index contributed by atoms with van der Waals surface area (Å²) in [5, 5.41) is 0. The van der Waals surface area contributed by atoms with Gasteiger partial charge in [-0.2, -0.15) is 0 Å². The topological polar surface area (TPSA) is 73.6 Å². The highest BCUT2D eigenvalue weighted by Crippen LogP contribution is 2.33. The van der Waals surface area contributed by atoms with Crippen LogP contribution in [0.25, 0.3) is 6.08 Å². The lowest BCUT2D eigenvalue weighted by molar-refractivity contribution is -0.111. The zero-order valence-electron chi connectivity index (χ0n) is 9.97. The fraction of sp³-hybridized carbons (Fsp3) is 0.154. The standard InChI is InChI=1S/C12H8O3.CH6N2/c13-10-3-2-9(10)5-8-1-4-11-12(6-8)15-7-14-11;1-3-2/h1-6H,7H2;3H,2H2,1H3. The van der Waals surface area contributed by atoms with E-state index in [1.54, 1.807) is 19.2 Å². The number of rotatable bonds is 1. The second-order valence-corrected chi connectivity index (χ2v) is 3.70. The number of carbonyl (C=O) groups is 1. The molecule has 0 aromatic heterocycles. The number of hydrogen-bond acceptors (Lipinski definition) is 5. The second kappa shape index (κ2) is 5.48. The molecule has 1 aromatic rings. The van der Waals surface area contributed by atoms with E-state index in [4.69, 9.17) is 9.47 Å². The molecule has 0 spiro atoms. The number of benzene rings is 1. The van der Waals surface area contributed by atoms with Crippen LogP contribution in [-0.4, -0.2) is 19.6 Å². The van der Waals surface area contributed by atoms with Crippen LogP contribution in [0.4, 0.5) is 0 Å². The van der Waals surface area contributed by atoms with E-state index in [1.807, 2.05) is 24.3 Å². The molecule has 1 heterocycles. The van der Waals surface area contributed by atoms with Crippen LogP contribution in [0.5, 0.6) is 11.5 Å². The van der Waals surface area contributed by atoms with Crippen LogP contribution in [0.2, 0.25) is 0 Å². The number of hydrazine groups is 1. The molecule has 0 saturated heterocycles. The smallest absolute Gasteiger partial charge is 0.231 e. The summed E-state index contributed by atoms with van der Waals surface area (Å²) in [6.45, 7) is 0.272. The minimum absolute atomic E-state index is 0.0765. The highest BCUT2D eigenvalue weighted by atomic mass is 16.7. The maximum atomic E-state index is 11.1. The molecule has 1 aliphatic carbocycles. The van der Waals surface area contributed by atoms with Crippen LogP contribution >= 0.6 is 0 Å². The number of ether oxygens (including phenoxy) is 2. The van der Waals surface area contributed by atoms with Crippen molar-refractivity contribution in [1.29, 1.82) is 0 Å². The molecule has 5 heteroatoms. The molecule has 3 rings (SSSR count). The highest BCUT2D eigenvalue weighted by Gasteiger charge is 2.14. The van der Waals surface area contributed by atoms with E-state index in [0.29, 0.717) is 0 Å². The first-order valence-corrected chi connectivity index (χ1v) is 5.45. The number of ketones is 1. The molecule has 94 valence electrons. The fourth-order valence-electron chi connectivity index (χ4n) is 1.55. The van der Waals surface area contributed by atoms with Crippen LogP contribution in [0.15, 0.2) is 35.9 Å². The molecule has 1 aromatic carbocycles. The Labute approximate surface area is 105 Å². The summed E-state index contributed by atoms with van der Waals surface area (Å²) in [5.41, 5.74) is 3.93. The van der Waals surface area contributed by atoms with Gasteiger partial charge in [0.05, 0.1) is 0 Å². The van der Waals surface area contributed by atoms with Crippen molar-refractivity contribution in [3.63, 3.8) is 0 Å². The predicted octanol–water partition coefficient (Wildman–Crippen LogP) is 1.02. The molecule has 0 bridgehead atoms. The lowest BCUT2D eigenvalue weighted by atomic mass is 9.98. The predicted molar refractivity (Wildman–Crippen MR) is 67.9 cm³/mol. The fourth-order valence-corrected chi connectivity index (χ4v) is 1.55. The van der Waals surface area contributed by atoms with Gasteiger partial charge in [-0.1, -0.05) is 6.07 Å². The Morgan fingerprint density at radius 1 is 1.28 bits per heavy atom. The van der Waals surface area contributed by atoms with Crippen molar-refractivity contribution in [2.75, 3.05) is 13.8 Å². The monoisotopic (exact) mass is 246 g/mol. The van der Waals surface area contributed by atoms with Gasteiger partial charge in [0.15, 0.2) is 17.3 Å². The summed E-state index contributed by atoms with van der Waals surface area (Å²) in [5.74, 6) is 6.17. The zero-order valence-corrected chi connectivity index (χ0v) is 9.97. The number of nitrogens with two attached hydrogens (primary N) is 1. The Morgan fingerprint density at radius 2 is 2.00 bits per heavy atom. The van der Waals surface area contributed by atoms with E-state index in [9.17, 15) is 4.79 Å². The lowest BCUT2D eigenvalue weighted by Crippen LogP contribution is -2.13. The van der Waals surface area contributed by atoms with Crippen molar-refractivity contribution in [2.45, 2.75) is 0 Å². The summed E-state index contributed by atoms with van der Waals surface area (Å²) >= 11 is 0. The van der Waals surface area contributed by atoms with Gasteiger partial charge in [0.1, 0.15) is 0 Å². The molecule has 0 radical (unpaired) electrons. The molecule has 3 N–H and O–H groups in total. The average Bonchev–Trinajstić information content (AvgIpc) is 2.82. The van der Waals surface area contributed by atoms with Gasteiger partial charge in [0.2, 0.25) is 6.79 Å². The molecule has 0 saturated carbocycles. The Balaban J connectivity index is 0.000000367. The number of nitrogens with one attached hydrogen (secondary N) is 1. The van der Waals surface area contributed by atoms with Gasteiger partial charge in [0, 0.05) is 5.57 Å². The minimum Gasteiger partial charge on any atom is -0.454 e.